The molecule has 1 aliphatic rings. The fourth-order valence-electron chi connectivity index (χ4n) is 3.45. The Morgan fingerprint density at radius 3 is 2.45 bits per heavy atom. The molecular formula is C17H29N3. The highest BCUT2D eigenvalue weighted by atomic mass is 15.1. The lowest BCUT2D eigenvalue weighted by Crippen LogP contribution is -2.44. The lowest BCUT2D eigenvalue weighted by atomic mass is 9.90. The third-order valence-electron chi connectivity index (χ3n) is 4.75. The average Bonchev–Trinajstić information content (AvgIpc) is 2.76. The predicted molar refractivity (Wildman–Crippen MR) is 84.6 cm³/mol. The van der Waals surface area contributed by atoms with Gasteiger partial charge in [-0.1, -0.05) is 25.7 Å². The van der Waals surface area contributed by atoms with Crippen molar-refractivity contribution in [1.82, 2.24) is 9.88 Å². The molecule has 0 radical (unpaired) electrons. The van der Waals surface area contributed by atoms with Gasteiger partial charge in [-0.3, -0.25) is 4.98 Å². The number of aromatic nitrogens is 1. The molecular weight excluding hydrogens is 246 g/mol. The summed E-state index contributed by atoms with van der Waals surface area (Å²) >= 11 is 0. The molecule has 1 fully saturated rings. The Morgan fingerprint density at radius 2 is 1.85 bits per heavy atom. The van der Waals surface area contributed by atoms with Crippen molar-refractivity contribution in [1.29, 1.82) is 0 Å². The van der Waals surface area contributed by atoms with Gasteiger partial charge in [0.05, 0.1) is 0 Å². The largest absolute Gasteiger partial charge is 0.329 e. The molecule has 3 heteroatoms. The normalized spacial score (nSPS) is 18.9. The molecule has 0 saturated heterocycles. The third-order valence-corrected chi connectivity index (χ3v) is 4.75. The Balaban J connectivity index is 1.86. The number of likely N-dealkylation sites (N-methyl/N-ethyl adjacent to an activating group) is 1. The third kappa shape index (κ3) is 4.57. The second kappa shape index (κ2) is 8.38. The summed E-state index contributed by atoms with van der Waals surface area (Å²) in [6.45, 7) is 1.87. The maximum Gasteiger partial charge on any atom is 0.0270 e. The number of pyridine rings is 1. The van der Waals surface area contributed by atoms with Crippen LogP contribution in [0.3, 0.4) is 0 Å². The van der Waals surface area contributed by atoms with Gasteiger partial charge in [0.2, 0.25) is 0 Å². The maximum absolute atomic E-state index is 6.07. The van der Waals surface area contributed by atoms with Crippen LogP contribution in [0.5, 0.6) is 0 Å². The zero-order valence-corrected chi connectivity index (χ0v) is 12.8. The number of rotatable bonds is 6. The van der Waals surface area contributed by atoms with Crippen LogP contribution in [0.4, 0.5) is 0 Å². The Bertz CT molecular complexity index is 358. The zero-order chi connectivity index (χ0) is 14.2. The van der Waals surface area contributed by atoms with Crippen molar-refractivity contribution in [2.75, 3.05) is 20.1 Å². The molecule has 0 aromatic carbocycles. The van der Waals surface area contributed by atoms with Crippen molar-refractivity contribution in [2.24, 2.45) is 11.7 Å². The number of hydrogen-bond acceptors (Lipinski definition) is 3. The molecule has 20 heavy (non-hydrogen) atoms. The summed E-state index contributed by atoms with van der Waals surface area (Å²) in [6, 6.07) is 4.77. The first-order chi connectivity index (χ1) is 9.81. The molecule has 112 valence electrons. The Kier molecular flexibility index (Phi) is 6.48. The van der Waals surface area contributed by atoms with Gasteiger partial charge in [-0.05, 0) is 49.9 Å². The van der Waals surface area contributed by atoms with E-state index in [0.717, 1.165) is 25.4 Å². The second-order valence-corrected chi connectivity index (χ2v) is 6.14. The summed E-state index contributed by atoms with van der Waals surface area (Å²) in [6.07, 6.45) is 13.2. The minimum absolute atomic E-state index is 0.551. The molecule has 2 rings (SSSR count). The average molecular weight is 275 g/mol. The van der Waals surface area contributed by atoms with Gasteiger partial charge in [0.15, 0.2) is 0 Å². The van der Waals surface area contributed by atoms with Crippen molar-refractivity contribution in [3.05, 3.63) is 30.1 Å². The number of nitrogens with two attached hydrogens (primary N) is 1. The molecule has 1 aromatic rings. The quantitative estimate of drug-likeness (QED) is 0.812. The van der Waals surface area contributed by atoms with Crippen LogP contribution in [-0.4, -0.2) is 36.1 Å². The van der Waals surface area contributed by atoms with Gasteiger partial charge in [0.25, 0.3) is 0 Å². The van der Waals surface area contributed by atoms with Crippen molar-refractivity contribution < 1.29 is 0 Å². The van der Waals surface area contributed by atoms with Gasteiger partial charge in [-0.2, -0.15) is 0 Å². The molecule has 0 aliphatic heterocycles. The molecule has 3 nitrogen and oxygen atoms in total. The Labute approximate surface area is 123 Å². The molecule has 2 N–H and O–H groups in total. The molecule has 1 aliphatic carbocycles. The highest BCUT2D eigenvalue weighted by Gasteiger charge is 2.24. The molecule has 1 saturated carbocycles. The SMILES string of the molecule is CN(CCc1ccncc1)C(CN)C1CCCCCC1. The smallest absolute Gasteiger partial charge is 0.0270 e. The highest BCUT2D eigenvalue weighted by Crippen LogP contribution is 2.27. The fraction of sp³-hybridized carbons (Fsp3) is 0.706. The molecule has 1 aromatic heterocycles. The van der Waals surface area contributed by atoms with E-state index in [2.05, 4.69) is 29.1 Å². The minimum Gasteiger partial charge on any atom is -0.329 e. The molecule has 0 amide bonds. The van der Waals surface area contributed by atoms with Gasteiger partial charge in [0.1, 0.15) is 0 Å². The van der Waals surface area contributed by atoms with E-state index in [0.29, 0.717) is 6.04 Å². The molecule has 0 bridgehead atoms. The van der Waals surface area contributed by atoms with Crippen LogP contribution in [0.2, 0.25) is 0 Å². The Morgan fingerprint density at radius 1 is 1.20 bits per heavy atom. The molecule has 0 spiro atoms. The minimum atomic E-state index is 0.551. The van der Waals surface area contributed by atoms with Crippen LogP contribution in [0.15, 0.2) is 24.5 Å². The van der Waals surface area contributed by atoms with Gasteiger partial charge in [-0.25, -0.2) is 0 Å². The zero-order valence-electron chi connectivity index (χ0n) is 12.8. The highest BCUT2D eigenvalue weighted by molar-refractivity contribution is 5.09. The van der Waals surface area contributed by atoms with E-state index in [1.807, 2.05) is 12.4 Å². The summed E-state index contributed by atoms with van der Waals surface area (Å²) in [4.78, 5) is 6.56. The summed E-state index contributed by atoms with van der Waals surface area (Å²) in [5, 5.41) is 0. The Hall–Kier alpha value is -0.930. The standard InChI is InChI=1S/C17H29N3/c1-20(13-10-15-8-11-19-12-9-15)17(14-18)16-6-4-2-3-5-7-16/h8-9,11-12,16-17H,2-7,10,13-14,18H2,1H3. The first kappa shape index (κ1) is 15.5. The van der Waals surface area contributed by atoms with Crippen LogP contribution >= 0.6 is 0 Å². The first-order valence-corrected chi connectivity index (χ1v) is 8.10. The second-order valence-electron chi connectivity index (χ2n) is 6.14. The van der Waals surface area contributed by atoms with E-state index in [-0.39, 0.29) is 0 Å². The van der Waals surface area contributed by atoms with Gasteiger partial charge in [0, 0.05) is 31.5 Å². The van der Waals surface area contributed by atoms with E-state index in [9.17, 15) is 0 Å². The lowest BCUT2D eigenvalue weighted by molar-refractivity contribution is 0.168. The van der Waals surface area contributed by atoms with Crippen LogP contribution < -0.4 is 5.73 Å². The predicted octanol–water partition coefficient (Wildman–Crippen LogP) is 2.85. The lowest BCUT2D eigenvalue weighted by Gasteiger charge is -2.33. The van der Waals surface area contributed by atoms with E-state index >= 15 is 0 Å². The van der Waals surface area contributed by atoms with Crippen molar-refractivity contribution in [3.63, 3.8) is 0 Å². The van der Waals surface area contributed by atoms with Crippen LogP contribution in [0.1, 0.15) is 44.1 Å². The van der Waals surface area contributed by atoms with E-state index < -0.39 is 0 Å². The van der Waals surface area contributed by atoms with Gasteiger partial charge in [-0.15, -0.1) is 0 Å². The van der Waals surface area contributed by atoms with Crippen molar-refractivity contribution >= 4 is 0 Å². The molecule has 1 unspecified atom stereocenters. The van der Waals surface area contributed by atoms with Crippen molar-refractivity contribution in [3.8, 4) is 0 Å². The molecule has 1 atom stereocenters. The fourth-order valence-corrected chi connectivity index (χ4v) is 3.45. The number of hydrogen-bond donors (Lipinski definition) is 1. The monoisotopic (exact) mass is 275 g/mol. The summed E-state index contributed by atoms with van der Waals surface area (Å²) < 4.78 is 0. The summed E-state index contributed by atoms with van der Waals surface area (Å²) in [5.41, 5.74) is 7.44. The summed E-state index contributed by atoms with van der Waals surface area (Å²) in [7, 11) is 2.24. The van der Waals surface area contributed by atoms with E-state index in [4.69, 9.17) is 5.73 Å². The van der Waals surface area contributed by atoms with Gasteiger partial charge >= 0.3 is 0 Å². The molecule has 1 heterocycles. The van der Waals surface area contributed by atoms with Crippen LogP contribution in [-0.2, 0) is 6.42 Å². The maximum atomic E-state index is 6.07. The first-order valence-electron chi connectivity index (χ1n) is 8.10. The van der Waals surface area contributed by atoms with E-state index in [1.165, 1.54) is 44.1 Å². The van der Waals surface area contributed by atoms with Crippen molar-refractivity contribution in [2.45, 2.75) is 51.0 Å². The summed E-state index contributed by atoms with van der Waals surface area (Å²) in [5.74, 6) is 0.796. The van der Waals surface area contributed by atoms with Crippen LogP contribution in [0, 0.1) is 5.92 Å². The topological polar surface area (TPSA) is 42.2 Å². The van der Waals surface area contributed by atoms with Crippen LogP contribution in [0.25, 0.3) is 0 Å². The number of nitrogens with zero attached hydrogens (tertiary/aromatic N) is 2. The van der Waals surface area contributed by atoms with E-state index in [1.54, 1.807) is 0 Å². The van der Waals surface area contributed by atoms with Gasteiger partial charge < -0.3 is 10.6 Å².